The molecule has 1 spiro atoms. The van der Waals surface area contributed by atoms with Gasteiger partial charge in [0.1, 0.15) is 5.82 Å². The number of halogens is 3. The molecule has 2 fully saturated rings. The Morgan fingerprint density at radius 3 is 2.68 bits per heavy atom. The summed E-state index contributed by atoms with van der Waals surface area (Å²) in [5.74, 6) is -0.213. The number of hydrogen-bond acceptors (Lipinski definition) is 4. The van der Waals surface area contributed by atoms with Crippen LogP contribution in [0.4, 0.5) is 4.39 Å². The SMILES string of the molecule is Cl.Cl.Fc1ccc2nc(CN3CCC4(CC3)CNCCO4)ccc2c1. The van der Waals surface area contributed by atoms with E-state index in [1.165, 1.54) is 12.1 Å². The van der Waals surface area contributed by atoms with E-state index in [0.717, 1.165) is 68.8 Å². The second-order valence-electron chi connectivity index (χ2n) is 6.62. The van der Waals surface area contributed by atoms with Gasteiger partial charge < -0.3 is 10.1 Å². The van der Waals surface area contributed by atoms with Crippen molar-refractivity contribution in [1.29, 1.82) is 0 Å². The highest BCUT2D eigenvalue weighted by Crippen LogP contribution is 2.28. The maximum Gasteiger partial charge on any atom is 0.123 e. The van der Waals surface area contributed by atoms with Gasteiger partial charge in [0, 0.05) is 38.1 Å². The quantitative estimate of drug-likeness (QED) is 0.858. The van der Waals surface area contributed by atoms with Crippen LogP contribution in [0, 0.1) is 5.82 Å². The van der Waals surface area contributed by atoms with Crippen molar-refractivity contribution in [3.05, 3.63) is 41.8 Å². The molecule has 0 aliphatic carbocycles. The summed E-state index contributed by atoms with van der Waals surface area (Å²) in [4.78, 5) is 7.09. The summed E-state index contributed by atoms with van der Waals surface area (Å²) < 4.78 is 19.3. The minimum atomic E-state index is -0.213. The van der Waals surface area contributed by atoms with Crippen molar-refractivity contribution < 1.29 is 9.13 Å². The lowest BCUT2D eigenvalue weighted by atomic mass is 9.90. The van der Waals surface area contributed by atoms with Crippen molar-refractivity contribution in [3.8, 4) is 0 Å². The van der Waals surface area contributed by atoms with Gasteiger partial charge in [-0.25, -0.2) is 4.39 Å². The van der Waals surface area contributed by atoms with Gasteiger partial charge in [0.25, 0.3) is 0 Å². The number of pyridine rings is 1. The minimum Gasteiger partial charge on any atom is -0.372 e. The van der Waals surface area contributed by atoms with E-state index in [4.69, 9.17) is 4.74 Å². The fraction of sp³-hybridized carbons (Fsp3) is 0.500. The first-order chi connectivity index (χ1) is 11.2. The van der Waals surface area contributed by atoms with Gasteiger partial charge in [0.2, 0.25) is 0 Å². The summed E-state index contributed by atoms with van der Waals surface area (Å²) >= 11 is 0. The minimum absolute atomic E-state index is 0. The highest BCUT2D eigenvalue weighted by Gasteiger charge is 2.36. The fourth-order valence-electron chi connectivity index (χ4n) is 3.60. The maximum absolute atomic E-state index is 13.2. The monoisotopic (exact) mass is 387 g/mol. The molecule has 2 aliphatic heterocycles. The molecule has 1 aromatic heterocycles. The molecule has 0 atom stereocenters. The zero-order valence-corrected chi connectivity index (χ0v) is 15.7. The van der Waals surface area contributed by atoms with Crippen molar-refractivity contribution >= 4 is 35.7 Å². The standard InChI is InChI=1S/C18H22FN3O.2ClH/c19-15-2-4-17-14(11-15)1-3-16(21-17)12-22-8-5-18(6-9-22)13-20-7-10-23-18;;/h1-4,11,20H,5-10,12-13H2;2*1H. The van der Waals surface area contributed by atoms with Gasteiger partial charge in [-0.15, -0.1) is 24.8 Å². The lowest BCUT2D eigenvalue weighted by Crippen LogP contribution is -2.55. The number of fused-ring (bicyclic) bond motifs is 1. The average Bonchev–Trinajstić information content (AvgIpc) is 2.58. The van der Waals surface area contributed by atoms with Crippen LogP contribution in [0.15, 0.2) is 30.3 Å². The number of ether oxygens (including phenoxy) is 1. The van der Waals surface area contributed by atoms with E-state index < -0.39 is 0 Å². The van der Waals surface area contributed by atoms with Gasteiger partial charge >= 0.3 is 0 Å². The Morgan fingerprint density at radius 2 is 1.96 bits per heavy atom. The van der Waals surface area contributed by atoms with Crippen molar-refractivity contribution in [2.45, 2.75) is 25.0 Å². The molecule has 0 amide bonds. The second-order valence-corrected chi connectivity index (χ2v) is 6.62. The van der Waals surface area contributed by atoms with Crippen LogP contribution in [0.1, 0.15) is 18.5 Å². The third-order valence-corrected chi connectivity index (χ3v) is 5.00. The molecular weight excluding hydrogens is 364 g/mol. The van der Waals surface area contributed by atoms with Gasteiger partial charge in [-0.2, -0.15) is 0 Å². The number of likely N-dealkylation sites (tertiary alicyclic amines) is 1. The lowest BCUT2D eigenvalue weighted by molar-refractivity contribution is -0.101. The van der Waals surface area contributed by atoms with E-state index in [1.54, 1.807) is 6.07 Å². The van der Waals surface area contributed by atoms with Crippen LogP contribution >= 0.6 is 24.8 Å². The van der Waals surface area contributed by atoms with Gasteiger partial charge in [0.05, 0.1) is 23.4 Å². The Kier molecular flexibility index (Phi) is 7.00. The fourth-order valence-corrected chi connectivity index (χ4v) is 3.60. The Bertz CT molecular complexity index is 700. The van der Waals surface area contributed by atoms with Crippen molar-refractivity contribution in [3.63, 3.8) is 0 Å². The molecule has 0 bridgehead atoms. The molecule has 1 N–H and O–H groups in total. The summed E-state index contributed by atoms with van der Waals surface area (Å²) in [7, 11) is 0. The number of piperidine rings is 1. The first-order valence-electron chi connectivity index (χ1n) is 8.35. The summed E-state index contributed by atoms with van der Waals surface area (Å²) in [6.07, 6.45) is 2.14. The summed E-state index contributed by atoms with van der Waals surface area (Å²) in [5, 5.41) is 4.30. The van der Waals surface area contributed by atoms with E-state index in [9.17, 15) is 4.39 Å². The highest BCUT2D eigenvalue weighted by atomic mass is 35.5. The van der Waals surface area contributed by atoms with Crippen LogP contribution in [-0.2, 0) is 11.3 Å². The Balaban J connectivity index is 0.00000113. The number of rotatable bonds is 2. The maximum atomic E-state index is 13.2. The van der Waals surface area contributed by atoms with Gasteiger partial charge in [-0.3, -0.25) is 9.88 Å². The number of nitrogens with zero attached hydrogens (tertiary/aromatic N) is 2. The Hall–Kier alpha value is -0.980. The van der Waals surface area contributed by atoms with Crippen molar-refractivity contribution in [2.75, 3.05) is 32.8 Å². The van der Waals surface area contributed by atoms with Gasteiger partial charge in [-0.1, -0.05) is 6.07 Å². The van der Waals surface area contributed by atoms with E-state index >= 15 is 0 Å². The summed E-state index contributed by atoms with van der Waals surface area (Å²) in [6.45, 7) is 5.67. The predicted molar refractivity (Wildman–Crippen MR) is 102 cm³/mol. The predicted octanol–water partition coefficient (Wildman–Crippen LogP) is 3.17. The molecule has 0 saturated carbocycles. The molecule has 7 heteroatoms. The average molecular weight is 388 g/mol. The third kappa shape index (κ3) is 4.60. The van der Waals surface area contributed by atoms with E-state index in [-0.39, 0.29) is 36.2 Å². The highest BCUT2D eigenvalue weighted by molar-refractivity contribution is 5.85. The number of benzene rings is 1. The molecule has 2 aromatic rings. The molecule has 0 radical (unpaired) electrons. The topological polar surface area (TPSA) is 37.4 Å². The molecule has 1 aromatic carbocycles. The molecule has 4 nitrogen and oxygen atoms in total. The first-order valence-corrected chi connectivity index (χ1v) is 8.35. The molecule has 2 saturated heterocycles. The molecule has 4 rings (SSSR count). The molecule has 2 aliphatic rings. The molecule has 3 heterocycles. The van der Waals surface area contributed by atoms with E-state index in [2.05, 4.69) is 15.2 Å². The van der Waals surface area contributed by atoms with Crippen molar-refractivity contribution in [2.24, 2.45) is 0 Å². The van der Waals surface area contributed by atoms with Crippen LogP contribution in [0.2, 0.25) is 0 Å². The zero-order chi connectivity index (χ0) is 15.7. The van der Waals surface area contributed by atoms with Gasteiger partial charge in [0.15, 0.2) is 0 Å². The smallest absolute Gasteiger partial charge is 0.123 e. The largest absolute Gasteiger partial charge is 0.372 e. The number of nitrogens with one attached hydrogen (secondary N) is 1. The van der Waals surface area contributed by atoms with Crippen LogP contribution in [0.25, 0.3) is 10.9 Å². The molecule has 138 valence electrons. The van der Waals surface area contributed by atoms with Crippen molar-refractivity contribution in [1.82, 2.24) is 15.2 Å². The number of hydrogen-bond donors (Lipinski definition) is 1. The van der Waals surface area contributed by atoms with Crippen LogP contribution in [0.3, 0.4) is 0 Å². The molecule has 25 heavy (non-hydrogen) atoms. The Labute approximate surface area is 160 Å². The number of morpholine rings is 1. The number of aromatic nitrogens is 1. The van der Waals surface area contributed by atoms with Crippen LogP contribution < -0.4 is 5.32 Å². The van der Waals surface area contributed by atoms with Gasteiger partial charge in [-0.05, 0) is 37.1 Å². The van der Waals surface area contributed by atoms with E-state index in [1.807, 2.05) is 12.1 Å². The molecule has 0 unspecified atom stereocenters. The normalized spacial score (nSPS) is 20.0. The van der Waals surface area contributed by atoms with Crippen LogP contribution in [0.5, 0.6) is 0 Å². The summed E-state index contributed by atoms with van der Waals surface area (Å²) in [6, 6.07) is 8.72. The zero-order valence-electron chi connectivity index (χ0n) is 14.0. The lowest BCUT2D eigenvalue weighted by Gasteiger charge is -2.44. The second kappa shape index (κ2) is 8.60. The summed E-state index contributed by atoms with van der Waals surface area (Å²) in [5.41, 5.74) is 1.95. The third-order valence-electron chi connectivity index (χ3n) is 5.00. The first kappa shape index (κ1) is 20.3. The van der Waals surface area contributed by atoms with E-state index in [0.29, 0.717) is 0 Å². The Morgan fingerprint density at radius 1 is 1.16 bits per heavy atom. The van der Waals surface area contributed by atoms with Crippen LogP contribution in [-0.4, -0.2) is 48.3 Å². The molecular formula is C18H24Cl2FN3O.